The summed E-state index contributed by atoms with van der Waals surface area (Å²) in [6.45, 7) is 8.61. The molecule has 2 saturated heterocycles. The highest BCUT2D eigenvalue weighted by Crippen LogP contribution is 2.42. The Labute approximate surface area is 237 Å². The normalized spacial score (nSPS) is 23.1. The van der Waals surface area contributed by atoms with E-state index in [1.165, 1.54) is 16.8 Å². The van der Waals surface area contributed by atoms with Crippen LogP contribution in [0.4, 0.5) is 4.79 Å². The van der Waals surface area contributed by atoms with Crippen molar-refractivity contribution in [1.29, 1.82) is 0 Å². The molecule has 1 N–H and O–H groups in total. The number of rotatable bonds is 9. The van der Waals surface area contributed by atoms with E-state index < -0.39 is 59.2 Å². The van der Waals surface area contributed by atoms with Gasteiger partial charge in [-0.1, -0.05) is 12.1 Å². The minimum atomic E-state index is -0.974. The number of fused-ring (bicyclic) bond motifs is 1. The van der Waals surface area contributed by atoms with Gasteiger partial charge in [0.2, 0.25) is 0 Å². The minimum absolute atomic E-state index is 0.0335. The molecule has 0 aliphatic carbocycles. The number of aromatic nitrogens is 2. The van der Waals surface area contributed by atoms with Gasteiger partial charge < -0.3 is 33.7 Å². The number of carbonyl (C=O) groups excluding carboxylic acids is 2. The van der Waals surface area contributed by atoms with Gasteiger partial charge in [0.05, 0.1) is 20.1 Å². The third-order valence-electron chi connectivity index (χ3n) is 6.40. The monoisotopic (exact) mass is 575 g/mol. The molecule has 1 aromatic carbocycles. The van der Waals surface area contributed by atoms with Crippen molar-refractivity contribution in [2.75, 3.05) is 20.3 Å². The maximum Gasteiger partial charge on any atom is 0.407 e. The summed E-state index contributed by atoms with van der Waals surface area (Å²) < 4.78 is 36.3. The Morgan fingerprint density at radius 3 is 2.39 bits per heavy atom. The molecule has 0 unspecified atom stereocenters. The second-order valence-electron chi connectivity index (χ2n) is 11.3. The second kappa shape index (κ2) is 12.0. The topological polar surface area (TPSA) is 146 Å². The molecule has 2 aromatic rings. The molecule has 41 heavy (non-hydrogen) atoms. The Kier molecular flexibility index (Phi) is 8.90. The van der Waals surface area contributed by atoms with Crippen LogP contribution in [-0.4, -0.2) is 71.2 Å². The summed E-state index contributed by atoms with van der Waals surface area (Å²) in [4.78, 5) is 50.2. The van der Waals surface area contributed by atoms with E-state index in [9.17, 15) is 19.2 Å². The maximum atomic E-state index is 13.5. The first-order valence-corrected chi connectivity index (χ1v) is 13.3. The van der Waals surface area contributed by atoms with Crippen molar-refractivity contribution in [2.24, 2.45) is 0 Å². The second-order valence-corrected chi connectivity index (χ2v) is 11.3. The lowest BCUT2D eigenvalue weighted by molar-refractivity contribution is -0.203. The van der Waals surface area contributed by atoms with Crippen LogP contribution in [0, 0.1) is 0 Å². The Balaban J connectivity index is 1.44. The van der Waals surface area contributed by atoms with Gasteiger partial charge in [-0.3, -0.25) is 18.7 Å². The fraction of sp³-hybridized carbons (Fsp3) is 0.571. The Morgan fingerprint density at radius 1 is 1.05 bits per heavy atom. The number of esters is 1. The number of hydrogen-bond acceptors (Lipinski definition) is 10. The number of ether oxygens (including phenoxy) is 6. The smallest absolute Gasteiger partial charge is 0.407 e. The quantitative estimate of drug-likeness (QED) is 0.440. The molecule has 1 amide bonds. The first-order chi connectivity index (χ1) is 19.3. The molecule has 2 fully saturated rings. The summed E-state index contributed by atoms with van der Waals surface area (Å²) >= 11 is 0. The minimum Gasteiger partial charge on any atom is -0.497 e. The van der Waals surface area contributed by atoms with E-state index in [4.69, 9.17) is 28.4 Å². The van der Waals surface area contributed by atoms with Gasteiger partial charge in [-0.15, -0.1) is 0 Å². The van der Waals surface area contributed by atoms with Crippen LogP contribution in [-0.2, 0) is 35.0 Å². The summed E-state index contributed by atoms with van der Waals surface area (Å²) in [6.07, 6.45) is -2.38. The van der Waals surface area contributed by atoms with E-state index in [1.807, 2.05) is 0 Å². The summed E-state index contributed by atoms with van der Waals surface area (Å²) in [5.74, 6) is -0.880. The molecule has 0 spiro atoms. The average molecular weight is 576 g/mol. The van der Waals surface area contributed by atoms with E-state index in [0.29, 0.717) is 5.75 Å². The SMILES string of the molecule is COc1ccc(Cn2c(=O)ccn([C@@H]3O[C@H](COC(=O)CCNC(=O)OC(C)(C)C)[C@H]4OC(C)(C)O[C@H]43)c2=O)cc1. The summed E-state index contributed by atoms with van der Waals surface area (Å²) in [6, 6.07) is 8.33. The third-order valence-corrected chi connectivity index (χ3v) is 6.40. The molecule has 3 heterocycles. The zero-order chi connectivity index (χ0) is 29.9. The Bertz CT molecular complexity index is 1360. The van der Waals surface area contributed by atoms with E-state index >= 15 is 0 Å². The lowest BCUT2D eigenvalue weighted by atomic mass is 10.1. The fourth-order valence-corrected chi connectivity index (χ4v) is 4.63. The molecular formula is C28H37N3O10. The number of hydrogen-bond donors (Lipinski definition) is 1. The molecule has 0 radical (unpaired) electrons. The zero-order valence-electron chi connectivity index (χ0n) is 24.1. The predicted molar refractivity (Wildman–Crippen MR) is 145 cm³/mol. The van der Waals surface area contributed by atoms with Crippen molar-refractivity contribution in [1.82, 2.24) is 14.5 Å². The number of nitrogens with zero attached hydrogens (tertiary/aromatic N) is 2. The van der Waals surface area contributed by atoms with E-state index in [1.54, 1.807) is 66.0 Å². The molecule has 0 saturated carbocycles. The first-order valence-electron chi connectivity index (χ1n) is 13.3. The molecule has 4 atom stereocenters. The number of carbonyl (C=O) groups is 2. The van der Waals surface area contributed by atoms with Gasteiger partial charge in [-0.2, -0.15) is 0 Å². The van der Waals surface area contributed by atoms with Crippen LogP contribution >= 0.6 is 0 Å². The number of amides is 1. The van der Waals surface area contributed by atoms with Crippen molar-refractivity contribution < 1.29 is 38.0 Å². The van der Waals surface area contributed by atoms with E-state index in [-0.39, 0.29) is 26.1 Å². The molecule has 2 aliphatic rings. The third kappa shape index (κ3) is 7.54. The van der Waals surface area contributed by atoms with Crippen LogP contribution in [0.15, 0.2) is 46.1 Å². The highest BCUT2D eigenvalue weighted by molar-refractivity contribution is 5.72. The molecule has 1 aromatic heterocycles. The average Bonchev–Trinajstić information content (AvgIpc) is 3.37. The van der Waals surface area contributed by atoms with Crippen LogP contribution in [0.5, 0.6) is 5.75 Å². The molecular weight excluding hydrogens is 538 g/mol. The van der Waals surface area contributed by atoms with Gasteiger partial charge in [0.1, 0.15) is 36.3 Å². The first kappa shape index (κ1) is 30.3. The van der Waals surface area contributed by atoms with Crippen LogP contribution in [0.2, 0.25) is 0 Å². The highest BCUT2D eigenvalue weighted by Gasteiger charge is 2.56. The summed E-state index contributed by atoms with van der Waals surface area (Å²) in [5.41, 5.74) is -0.970. The Hall–Kier alpha value is -3.68. The van der Waals surface area contributed by atoms with Gasteiger partial charge in [0.25, 0.3) is 5.56 Å². The highest BCUT2D eigenvalue weighted by atomic mass is 16.8. The van der Waals surface area contributed by atoms with Crippen molar-refractivity contribution >= 4 is 12.1 Å². The van der Waals surface area contributed by atoms with Gasteiger partial charge in [0.15, 0.2) is 12.0 Å². The Morgan fingerprint density at radius 2 is 1.73 bits per heavy atom. The van der Waals surface area contributed by atoms with Crippen molar-refractivity contribution in [2.45, 2.75) is 83.5 Å². The van der Waals surface area contributed by atoms with Crippen LogP contribution in [0.1, 0.15) is 52.8 Å². The zero-order valence-corrected chi connectivity index (χ0v) is 24.1. The number of nitrogens with one attached hydrogen (secondary N) is 1. The maximum absolute atomic E-state index is 13.5. The lowest BCUT2D eigenvalue weighted by Gasteiger charge is -2.25. The standard InChI is InChI=1S/C28H37N3O10/c1-27(2,3)41-25(34)29-13-11-21(33)37-16-19-22-23(40-28(4,5)39-22)24(38-19)30-14-12-20(32)31(26(30)35)15-17-7-9-18(36-6)10-8-17/h7-10,12,14,19,22-24H,11,13,15-16H2,1-6H3,(H,29,34)/t19-,22-,23-,24-/m1/s1. The fourth-order valence-electron chi connectivity index (χ4n) is 4.63. The van der Waals surface area contributed by atoms with E-state index in [0.717, 1.165) is 10.1 Å². The summed E-state index contributed by atoms with van der Waals surface area (Å²) in [7, 11) is 1.55. The molecule has 13 nitrogen and oxygen atoms in total. The number of methoxy groups -OCH3 is 1. The molecule has 224 valence electrons. The summed E-state index contributed by atoms with van der Waals surface area (Å²) in [5, 5.41) is 2.50. The van der Waals surface area contributed by atoms with Crippen LogP contribution in [0.25, 0.3) is 0 Å². The molecule has 0 bridgehead atoms. The van der Waals surface area contributed by atoms with Crippen molar-refractivity contribution in [3.63, 3.8) is 0 Å². The predicted octanol–water partition coefficient (Wildman–Crippen LogP) is 1.94. The van der Waals surface area contributed by atoms with Gasteiger partial charge in [-0.25, -0.2) is 9.59 Å². The van der Waals surface area contributed by atoms with Gasteiger partial charge >= 0.3 is 17.8 Å². The van der Waals surface area contributed by atoms with Crippen molar-refractivity contribution in [3.8, 4) is 5.75 Å². The number of benzene rings is 1. The molecule has 2 aliphatic heterocycles. The van der Waals surface area contributed by atoms with Gasteiger partial charge in [0, 0.05) is 18.8 Å². The lowest BCUT2D eigenvalue weighted by Crippen LogP contribution is -2.43. The van der Waals surface area contributed by atoms with Crippen molar-refractivity contribution in [3.05, 3.63) is 62.9 Å². The van der Waals surface area contributed by atoms with E-state index in [2.05, 4.69) is 5.32 Å². The molecule has 13 heteroatoms. The molecule has 4 rings (SSSR count). The van der Waals surface area contributed by atoms with Gasteiger partial charge in [-0.05, 0) is 52.3 Å². The largest absolute Gasteiger partial charge is 0.497 e. The number of alkyl carbamates (subject to hydrolysis) is 1. The van der Waals surface area contributed by atoms with Crippen LogP contribution < -0.4 is 21.3 Å². The van der Waals surface area contributed by atoms with Crippen LogP contribution in [0.3, 0.4) is 0 Å².